The maximum atomic E-state index is 10.2. The number of piperidine rings is 2. The highest BCUT2D eigenvalue weighted by Crippen LogP contribution is 2.23. The average molecular weight is 413 g/mol. The van der Waals surface area contributed by atoms with Crippen molar-refractivity contribution in [1.29, 1.82) is 0 Å². The summed E-state index contributed by atoms with van der Waals surface area (Å²) in [5, 5.41) is 30.1. The number of aliphatic hydroxyl groups excluding tert-OH is 1. The van der Waals surface area contributed by atoms with Crippen molar-refractivity contribution in [1.82, 2.24) is 10.2 Å². The Labute approximate surface area is 175 Å². The summed E-state index contributed by atoms with van der Waals surface area (Å²) in [7, 11) is 4.27. The number of benzene rings is 1. The topological polar surface area (TPSA) is 94.4 Å². The molecule has 0 spiro atoms. The molecule has 4 N–H and O–H groups in total. The molecule has 0 bridgehead atoms. The molecule has 2 aliphatic heterocycles. The number of nitrogens with one attached hydrogen (secondary N) is 1. The second kappa shape index (κ2) is 14.0. The molecule has 7 heteroatoms. The lowest BCUT2D eigenvalue weighted by molar-refractivity contribution is -0.0719. The van der Waals surface area contributed by atoms with Crippen LogP contribution in [0.2, 0.25) is 0 Å². The number of ether oxygens (including phenoxy) is 2. The third-order valence-corrected chi connectivity index (χ3v) is 5.40. The minimum absolute atomic E-state index is 0.451. The highest BCUT2D eigenvalue weighted by Gasteiger charge is 2.32. The van der Waals surface area contributed by atoms with Gasteiger partial charge in [-0.3, -0.25) is 4.90 Å². The summed E-state index contributed by atoms with van der Waals surface area (Å²) in [5.41, 5.74) is 0.173. The van der Waals surface area contributed by atoms with E-state index in [1.807, 2.05) is 6.07 Å². The zero-order chi connectivity index (χ0) is 21.6. The Morgan fingerprint density at radius 3 is 1.83 bits per heavy atom. The lowest BCUT2D eigenvalue weighted by Crippen LogP contribution is -2.46. The smallest absolute Gasteiger partial charge is 0.0904 e. The van der Waals surface area contributed by atoms with Crippen LogP contribution < -0.4 is 5.32 Å². The number of hydrogen-bond acceptors (Lipinski definition) is 7. The second-order valence-electron chi connectivity index (χ2n) is 7.83. The van der Waals surface area contributed by atoms with E-state index in [0.29, 0.717) is 13.2 Å². The predicted octanol–water partition coefficient (Wildman–Crippen LogP) is 1.02. The van der Waals surface area contributed by atoms with Gasteiger partial charge in [0, 0.05) is 41.0 Å². The highest BCUT2D eigenvalue weighted by molar-refractivity contribution is 5.14. The van der Waals surface area contributed by atoms with Crippen LogP contribution >= 0.6 is 0 Å². The van der Waals surface area contributed by atoms with E-state index >= 15 is 0 Å². The van der Waals surface area contributed by atoms with Crippen LogP contribution in [0.25, 0.3) is 0 Å². The van der Waals surface area contributed by atoms with Gasteiger partial charge in [-0.15, -0.1) is 0 Å². The van der Waals surface area contributed by atoms with Gasteiger partial charge in [0.25, 0.3) is 0 Å². The molecular weight excluding hydrogens is 372 g/mol. The van der Waals surface area contributed by atoms with Crippen LogP contribution in [0, 0.1) is 0 Å². The van der Waals surface area contributed by atoms with E-state index in [-0.39, 0.29) is 0 Å². The van der Waals surface area contributed by atoms with Gasteiger partial charge >= 0.3 is 0 Å². The summed E-state index contributed by atoms with van der Waals surface area (Å²) < 4.78 is 9.98. The van der Waals surface area contributed by atoms with Crippen molar-refractivity contribution in [3.8, 4) is 0 Å². The summed E-state index contributed by atoms with van der Waals surface area (Å²) >= 11 is 0. The molecule has 168 valence electrons. The first-order chi connectivity index (χ1) is 14.0. The largest absolute Gasteiger partial charge is 0.400 e. The lowest BCUT2D eigenvalue weighted by atomic mass is 9.92. The first kappa shape index (κ1) is 26.0. The molecule has 2 aliphatic rings. The third-order valence-electron chi connectivity index (χ3n) is 5.40. The number of rotatable bonds is 6. The van der Waals surface area contributed by atoms with Crippen molar-refractivity contribution >= 4 is 0 Å². The maximum Gasteiger partial charge on any atom is 0.0904 e. The molecule has 1 aromatic carbocycles. The Morgan fingerprint density at radius 1 is 0.862 bits per heavy atom. The fourth-order valence-corrected chi connectivity index (χ4v) is 3.69. The molecule has 2 saturated heterocycles. The van der Waals surface area contributed by atoms with Crippen LogP contribution in [0.1, 0.15) is 31.2 Å². The standard InChI is InChI=1S/C14H21NO2.C7H15NO2.CH4O/c1-17-12-14(16)7-9-15(10-8-14)11-13-5-3-2-4-6-13;1-10-6-7(9)2-4-8-5-3-7;1-2/h2-6,16H,7-12H2,1H3;8-9H,2-6H2,1H3;2H,1H3. The van der Waals surface area contributed by atoms with Crippen LogP contribution in [-0.2, 0) is 16.0 Å². The quantitative estimate of drug-likeness (QED) is 0.554. The van der Waals surface area contributed by atoms with Gasteiger partial charge in [-0.25, -0.2) is 0 Å². The van der Waals surface area contributed by atoms with Crippen molar-refractivity contribution in [2.45, 2.75) is 43.4 Å². The van der Waals surface area contributed by atoms with Gasteiger partial charge in [0.1, 0.15) is 0 Å². The SMILES string of the molecule is CO.COCC1(O)CCN(Cc2ccccc2)CC1.COCC1(O)CCNCC1. The van der Waals surface area contributed by atoms with Crippen LogP contribution in [0.15, 0.2) is 30.3 Å². The van der Waals surface area contributed by atoms with Crippen molar-refractivity contribution < 1.29 is 24.8 Å². The molecular formula is C22H40N2O5. The van der Waals surface area contributed by atoms with Gasteiger partial charge in [-0.2, -0.15) is 0 Å². The van der Waals surface area contributed by atoms with Gasteiger partial charge in [0.05, 0.1) is 24.4 Å². The highest BCUT2D eigenvalue weighted by atomic mass is 16.5. The average Bonchev–Trinajstić information content (AvgIpc) is 2.73. The fourth-order valence-electron chi connectivity index (χ4n) is 3.69. The van der Waals surface area contributed by atoms with E-state index in [9.17, 15) is 10.2 Å². The van der Waals surface area contributed by atoms with Crippen LogP contribution in [0.4, 0.5) is 0 Å². The fraction of sp³-hybridized carbons (Fsp3) is 0.727. The number of likely N-dealkylation sites (tertiary alicyclic amines) is 1. The first-order valence-electron chi connectivity index (χ1n) is 10.3. The molecule has 0 radical (unpaired) electrons. The number of aliphatic hydroxyl groups is 3. The summed E-state index contributed by atoms with van der Waals surface area (Å²) in [4.78, 5) is 2.39. The Hall–Kier alpha value is -1.06. The molecule has 3 rings (SSSR count). The van der Waals surface area contributed by atoms with Gasteiger partial charge < -0.3 is 30.1 Å². The van der Waals surface area contributed by atoms with E-state index in [4.69, 9.17) is 14.6 Å². The minimum Gasteiger partial charge on any atom is -0.400 e. The number of methoxy groups -OCH3 is 2. The van der Waals surface area contributed by atoms with E-state index in [0.717, 1.165) is 65.5 Å². The zero-order valence-corrected chi connectivity index (χ0v) is 18.3. The number of nitrogens with zero attached hydrogens (tertiary/aromatic N) is 1. The van der Waals surface area contributed by atoms with Crippen molar-refractivity contribution in [2.24, 2.45) is 0 Å². The zero-order valence-electron chi connectivity index (χ0n) is 18.3. The molecule has 1 aromatic rings. The van der Waals surface area contributed by atoms with Crippen molar-refractivity contribution in [3.63, 3.8) is 0 Å². The molecule has 0 amide bonds. The van der Waals surface area contributed by atoms with E-state index < -0.39 is 11.2 Å². The summed E-state index contributed by atoms with van der Waals surface area (Å²) in [5.74, 6) is 0. The summed E-state index contributed by atoms with van der Waals surface area (Å²) in [6.45, 7) is 5.58. The molecule has 2 heterocycles. The van der Waals surface area contributed by atoms with Crippen molar-refractivity contribution in [3.05, 3.63) is 35.9 Å². The summed E-state index contributed by atoms with van der Waals surface area (Å²) in [6.07, 6.45) is 3.21. The Morgan fingerprint density at radius 2 is 1.34 bits per heavy atom. The lowest BCUT2D eigenvalue weighted by Gasteiger charge is -2.37. The van der Waals surface area contributed by atoms with Crippen LogP contribution in [0.5, 0.6) is 0 Å². The predicted molar refractivity (Wildman–Crippen MR) is 115 cm³/mol. The molecule has 2 fully saturated rings. The van der Waals surface area contributed by atoms with Crippen LogP contribution in [0.3, 0.4) is 0 Å². The van der Waals surface area contributed by atoms with Gasteiger partial charge in [0.2, 0.25) is 0 Å². The van der Waals surface area contributed by atoms with E-state index in [1.54, 1.807) is 14.2 Å². The summed E-state index contributed by atoms with van der Waals surface area (Å²) in [6, 6.07) is 10.5. The molecule has 0 saturated carbocycles. The maximum absolute atomic E-state index is 10.2. The first-order valence-corrected chi connectivity index (χ1v) is 10.3. The van der Waals surface area contributed by atoms with E-state index in [2.05, 4.69) is 34.5 Å². The Kier molecular flexibility index (Phi) is 12.6. The molecule has 0 aromatic heterocycles. The van der Waals surface area contributed by atoms with Gasteiger partial charge in [0.15, 0.2) is 0 Å². The molecule has 7 nitrogen and oxygen atoms in total. The van der Waals surface area contributed by atoms with Gasteiger partial charge in [-0.05, 0) is 44.3 Å². The van der Waals surface area contributed by atoms with E-state index in [1.165, 1.54) is 5.56 Å². The monoisotopic (exact) mass is 412 g/mol. The Bertz CT molecular complexity index is 510. The molecule has 0 atom stereocenters. The van der Waals surface area contributed by atoms with Crippen LogP contribution in [-0.4, -0.2) is 92.1 Å². The van der Waals surface area contributed by atoms with Gasteiger partial charge in [-0.1, -0.05) is 30.3 Å². The van der Waals surface area contributed by atoms with Crippen molar-refractivity contribution in [2.75, 3.05) is 60.7 Å². The molecule has 0 aliphatic carbocycles. The normalized spacial score (nSPS) is 20.6. The number of hydrogen-bond donors (Lipinski definition) is 4. The third kappa shape index (κ3) is 10.00. The minimum atomic E-state index is -0.609. The molecule has 0 unspecified atom stereocenters. The molecule has 29 heavy (non-hydrogen) atoms. The second-order valence-corrected chi connectivity index (χ2v) is 7.83. The Balaban J connectivity index is 0.000000299.